The highest BCUT2D eigenvalue weighted by atomic mass is 16.5. The molecule has 1 atom stereocenters. The second kappa shape index (κ2) is 8.32. The zero-order chi connectivity index (χ0) is 15.8. The molecule has 3 heteroatoms. The lowest BCUT2D eigenvalue weighted by atomic mass is 10.2. The Morgan fingerprint density at radius 2 is 1.73 bits per heavy atom. The van der Waals surface area contributed by atoms with Crippen LogP contribution in [0.3, 0.4) is 0 Å². The van der Waals surface area contributed by atoms with E-state index >= 15 is 0 Å². The van der Waals surface area contributed by atoms with Crippen LogP contribution in [0.1, 0.15) is 32.8 Å². The van der Waals surface area contributed by atoms with Crippen LogP contribution in [0.4, 0.5) is 5.69 Å². The molecular formula is C19H25NO2. The number of hydrogen-bond acceptors (Lipinski definition) is 3. The summed E-state index contributed by atoms with van der Waals surface area (Å²) in [6.45, 7) is 7.62. The number of benzene rings is 2. The van der Waals surface area contributed by atoms with Gasteiger partial charge in [-0.2, -0.15) is 0 Å². The molecule has 1 N–H and O–H groups in total. The highest BCUT2D eigenvalue weighted by molar-refractivity contribution is 5.56. The molecule has 2 aromatic carbocycles. The zero-order valence-electron chi connectivity index (χ0n) is 13.6. The van der Waals surface area contributed by atoms with Crippen LogP contribution in [0.15, 0.2) is 48.5 Å². The van der Waals surface area contributed by atoms with Crippen molar-refractivity contribution < 1.29 is 9.47 Å². The summed E-state index contributed by atoms with van der Waals surface area (Å²) in [6, 6.07) is 16.2. The fraction of sp³-hybridized carbons (Fsp3) is 0.368. The molecule has 0 amide bonds. The van der Waals surface area contributed by atoms with E-state index in [1.165, 1.54) is 5.56 Å². The first-order valence-electron chi connectivity index (χ1n) is 7.94. The van der Waals surface area contributed by atoms with Gasteiger partial charge in [-0.1, -0.05) is 31.2 Å². The number of nitrogens with one attached hydrogen (secondary N) is 1. The van der Waals surface area contributed by atoms with Crippen LogP contribution < -0.4 is 14.8 Å². The summed E-state index contributed by atoms with van der Waals surface area (Å²) in [5.74, 6) is 1.81. The minimum absolute atomic E-state index is 0.252. The van der Waals surface area contributed by atoms with Crippen LogP contribution in [0.2, 0.25) is 0 Å². The Hall–Kier alpha value is -2.16. The summed E-state index contributed by atoms with van der Waals surface area (Å²) < 4.78 is 11.4. The van der Waals surface area contributed by atoms with Crippen molar-refractivity contribution in [1.82, 2.24) is 0 Å². The molecule has 3 nitrogen and oxygen atoms in total. The smallest absolute Gasteiger partial charge is 0.142 e. The molecule has 0 aliphatic rings. The second-order valence-corrected chi connectivity index (χ2v) is 5.26. The lowest BCUT2D eigenvalue weighted by molar-refractivity contribution is 0.217. The SMILES string of the molecule is CCOc1ccccc1NCc1ccc(OC(C)CC)cc1. The topological polar surface area (TPSA) is 30.5 Å². The number of para-hydroxylation sites is 2. The third kappa shape index (κ3) is 4.69. The van der Waals surface area contributed by atoms with Gasteiger partial charge in [0.25, 0.3) is 0 Å². The van der Waals surface area contributed by atoms with E-state index in [1.54, 1.807) is 0 Å². The maximum Gasteiger partial charge on any atom is 0.142 e. The molecule has 1 unspecified atom stereocenters. The zero-order valence-corrected chi connectivity index (χ0v) is 13.6. The molecular weight excluding hydrogens is 274 g/mol. The van der Waals surface area contributed by atoms with Crippen LogP contribution in [0.5, 0.6) is 11.5 Å². The van der Waals surface area contributed by atoms with Crippen molar-refractivity contribution in [3.8, 4) is 11.5 Å². The summed E-state index contributed by atoms with van der Waals surface area (Å²) >= 11 is 0. The minimum atomic E-state index is 0.252. The molecule has 22 heavy (non-hydrogen) atoms. The van der Waals surface area contributed by atoms with Crippen molar-refractivity contribution in [3.63, 3.8) is 0 Å². The molecule has 0 fully saturated rings. The van der Waals surface area contributed by atoms with Crippen LogP contribution in [-0.2, 0) is 6.54 Å². The van der Waals surface area contributed by atoms with Gasteiger partial charge in [-0.05, 0) is 50.1 Å². The lowest BCUT2D eigenvalue weighted by Gasteiger charge is -2.14. The fourth-order valence-electron chi connectivity index (χ4n) is 2.09. The van der Waals surface area contributed by atoms with E-state index < -0.39 is 0 Å². The van der Waals surface area contributed by atoms with Crippen LogP contribution in [-0.4, -0.2) is 12.7 Å². The number of anilines is 1. The molecule has 2 rings (SSSR count). The molecule has 0 bridgehead atoms. The number of rotatable bonds is 8. The van der Waals surface area contributed by atoms with E-state index in [1.807, 2.05) is 43.3 Å². The van der Waals surface area contributed by atoms with Gasteiger partial charge in [-0.25, -0.2) is 0 Å². The monoisotopic (exact) mass is 299 g/mol. The van der Waals surface area contributed by atoms with Crippen LogP contribution in [0.25, 0.3) is 0 Å². The van der Waals surface area contributed by atoms with Gasteiger partial charge in [0.1, 0.15) is 11.5 Å². The Morgan fingerprint density at radius 3 is 2.41 bits per heavy atom. The third-order valence-electron chi connectivity index (χ3n) is 3.51. The molecule has 0 heterocycles. The molecule has 0 saturated carbocycles. The Kier molecular flexibility index (Phi) is 6.13. The summed E-state index contributed by atoms with van der Waals surface area (Å²) in [5.41, 5.74) is 2.23. The fourth-order valence-corrected chi connectivity index (χ4v) is 2.09. The molecule has 2 aromatic rings. The maximum atomic E-state index is 5.79. The average molecular weight is 299 g/mol. The minimum Gasteiger partial charge on any atom is -0.492 e. The lowest BCUT2D eigenvalue weighted by Crippen LogP contribution is -2.09. The number of hydrogen-bond donors (Lipinski definition) is 1. The standard InChI is InChI=1S/C19H25NO2/c1-4-15(3)22-17-12-10-16(11-13-17)14-20-18-8-6-7-9-19(18)21-5-2/h6-13,15,20H,4-5,14H2,1-3H3. The van der Waals surface area contributed by atoms with Gasteiger partial charge in [-0.3, -0.25) is 0 Å². The van der Waals surface area contributed by atoms with Crippen molar-refractivity contribution in [2.75, 3.05) is 11.9 Å². The van der Waals surface area contributed by atoms with E-state index in [2.05, 4.69) is 31.3 Å². The van der Waals surface area contributed by atoms with E-state index in [-0.39, 0.29) is 6.10 Å². The van der Waals surface area contributed by atoms with Crippen molar-refractivity contribution in [2.45, 2.75) is 39.8 Å². The van der Waals surface area contributed by atoms with E-state index in [0.29, 0.717) is 6.61 Å². The molecule has 0 aliphatic heterocycles. The van der Waals surface area contributed by atoms with E-state index in [4.69, 9.17) is 9.47 Å². The quantitative estimate of drug-likeness (QED) is 0.754. The Bertz CT molecular complexity index is 566. The summed E-state index contributed by atoms with van der Waals surface area (Å²) in [5, 5.41) is 3.42. The van der Waals surface area contributed by atoms with Gasteiger partial charge in [0.15, 0.2) is 0 Å². The average Bonchev–Trinajstić information content (AvgIpc) is 2.55. The first-order chi connectivity index (χ1) is 10.7. The van der Waals surface area contributed by atoms with E-state index in [9.17, 15) is 0 Å². The van der Waals surface area contributed by atoms with Crippen molar-refractivity contribution in [3.05, 3.63) is 54.1 Å². The molecule has 118 valence electrons. The molecule has 0 aromatic heterocycles. The summed E-state index contributed by atoms with van der Waals surface area (Å²) in [7, 11) is 0. The highest BCUT2D eigenvalue weighted by Crippen LogP contribution is 2.24. The maximum absolute atomic E-state index is 5.79. The normalized spacial score (nSPS) is 11.8. The molecule has 0 aliphatic carbocycles. The first kappa shape index (κ1) is 16.2. The molecule has 0 spiro atoms. The van der Waals surface area contributed by atoms with Crippen LogP contribution >= 0.6 is 0 Å². The largest absolute Gasteiger partial charge is 0.492 e. The van der Waals surface area contributed by atoms with E-state index in [0.717, 1.165) is 30.2 Å². The van der Waals surface area contributed by atoms with Gasteiger partial charge in [0, 0.05) is 6.54 Å². The van der Waals surface area contributed by atoms with Gasteiger partial charge < -0.3 is 14.8 Å². The van der Waals surface area contributed by atoms with Crippen molar-refractivity contribution in [1.29, 1.82) is 0 Å². The van der Waals surface area contributed by atoms with Gasteiger partial charge in [-0.15, -0.1) is 0 Å². The van der Waals surface area contributed by atoms with Gasteiger partial charge >= 0.3 is 0 Å². The summed E-state index contributed by atoms with van der Waals surface area (Å²) in [4.78, 5) is 0. The first-order valence-corrected chi connectivity index (χ1v) is 7.94. The van der Waals surface area contributed by atoms with Crippen molar-refractivity contribution >= 4 is 5.69 Å². The predicted octanol–water partition coefficient (Wildman–Crippen LogP) is 4.87. The Labute approximate surface area is 133 Å². The van der Waals surface area contributed by atoms with Crippen molar-refractivity contribution in [2.24, 2.45) is 0 Å². The Balaban J connectivity index is 1.94. The van der Waals surface area contributed by atoms with Gasteiger partial charge in [0.05, 0.1) is 18.4 Å². The summed E-state index contributed by atoms with van der Waals surface area (Å²) in [6.07, 6.45) is 1.26. The number of ether oxygens (including phenoxy) is 2. The second-order valence-electron chi connectivity index (χ2n) is 5.26. The third-order valence-corrected chi connectivity index (χ3v) is 3.51. The van der Waals surface area contributed by atoms with Gasteiger partial charge in [0.2, 0.25) is 0 Å². The molecule has 0 radical (unpaired) electrons. The van der Waals surface area contributed by atoms with Crippen LogP contribution in [0, 0.1) is 0 Å². The predicted molar refractivity (Wildman–Crippen MR) is 91.8 cm³/mol. The highest BCUT2D eigenvalue weighted by Gasteiger charge is 2.03. The Morgan fingerprint density at radius 1 is 1.00 bits per heavy atom. The molecule has 0 saturated heterocycles.